The van der Waals surface area contributed by atoms with Crippen molar-refractivity contribution in [2.75, 3.05) is 0 Å². The summed E-state index contributed by atoms with van der Waals surface area (Å²) in [7, 11) is 0. The second kappa shape index (κ2) is 5.09. The Bertz CT molecular complexity index is 227. The number of carbonyl (C=O) groups is 3. The summed E-state index contributed by atoms with van der Waals surface area (Å²) >= 11 is 0. The van der Waals surface area contributed by atoms with Gasteiger partial charge in [-0.1, -0.05) is 0 Å². The smallest absolute Gasteiger partial charge is 0.449 e. The SMILES string of the molecule is NC(=O)CC[C@H](N)C(=O)OC(=O)O. The highest BCUT2D eigenvalue weighted by Crippen LogP contribution is 1.96. The Kier molecular flexibility index (Phi) is 4.45. The monoisotopic (exact) mass is 190 g/mol. The third kappa shape index (κ3) is 5.62. The van der Waals surface area contributed by atoms with Crippen LogP contribution in [0.3, 0.4) is 0 Å². The minimum atomic E-state index is -1.72. The van der Waals surface area contributed by atoms with Crippen molar-refractivity contribution >= 4 is 18.0 Å². The first-order valence-corrected chi connectivity index (χ1v) is 3.42. The Morgan fingerprint density at radius 2 is 1.92 bits per heavy atom. The summed E-state index contributed by atoms with van der Waals surface area (Å²) in [6.45, 7) is 0. The molecule has 0 unspecified atom stereocenters. The van der Waals surface area contributed by atoms with Crippen LogP contribution in [0, 0.1) is 0 Å². The Balaban J connectivity index is 3.82. The van der Waals surface area contributed by atoms with E-state index >= 15 is 0 Å². The standard InChI is InChI=1S/C6H10N2O5/c7-3(1-2-4(8)9)5(10)13-6(11)12/h3H,1-2,7H2,(H2,8,9)(H,11,12)/t3-/m0/s1. The van der Waals surface area contributed by atoms with E-state index in [0.717, 1.165) is 0 Å². The fourth-order valence-electron chi connectivity index (χ4n) is 0.577. The van der Waals surface area contributed by atoms with Gasteiger partial charge in [0.2, 0.25) is 5.91 Å². The van der Waals surface area contributed by atoms with Gasteiger partial charge in [-0.2, -0.15) is 0 Å². The normalized spacial score (nSPS) is 11.8. The molecule has 0 heterocycles. The molecule has 0 aromatic carbocycles. The summed E-state index contributed by atoms with van der Waals surface area (Å²) in [5, 5.41) is 8.02. The molecule has 0 saturated heterocycles. The van der Waals surface area contributed by atoms with E-state index in [1.165, 1.54) is 0 Å². The van der Waals surface area contributed by atoms with Crippen LogP contribution >= 0.6 is 0 Å². The Labute approximate surface area is 73.6 Å². The van der Waals surface area contributed by atoms with E-state index in [9.17, 15) is 14.4 Å². The number of carbonyl (C=O) groups excluding carboxylic acids is 2. The zero-order valence-electron chi connectivity index (χ0n) is 6.73. The molecule has 74 valence electrons. The molecule has 0 fully saturated rings. The van der Waals surface area contributed by atoms with E-state index in [1.54, 1.807) is 0 Å². The third-order valence-corrected chi connectivity index (χ3v) is 1.19. The molecule has 0 aromatic rings. The van der Waals surface area contributed by atoms with Crippen molar-refractivity contribution in [3.05, 3.63) is 0 Å². The topological polar surface area (TPSA) is 133 Å². The number of primary amides is 1. The van der Waals surface area contributed by atoms with Crippen LogP contribution in [-0.4, -0.2) is 29.2 Å². The largest absolute Gasteiger partial charge is 0.513 e. The summed E-state index contributed by atoms with van der Waals surface area (Å²) in [5.74, 6) is -1.70. The minimum absolute atomic E-state index is 0.0263. The number of amides is 1. The van der Waals surface area contributed by atoms with Gasteiger partial charge in [0.05, 0.1) is 0 Å². The number of hydrogen-bond donors (Lipinski definition) is 3. The molecule has 5 N–H and O–H groups in total. The maximum absolute atomic E-state index is 10.7. The molecule has 7 heteroatoms. The summed E-state index contributed by atoms with van der Waals surface area (Å²) in [6.07, 6.45) is -1.84. The molecule has 1 amide bonds. The molecule has 0 aromatic heterocycles. The molecule has 0 rings (SSSR count). The average molecular weight is 190 g/mol. The third-order valence-electron chi connectivity index (χ3n) is 1.19. The first kappa shape index (κ1) is 11.4. The van der Waals surface area contributed by atoms with Crippen LogP contribution in [-0.2, 0) is 14.3 Å². The molecule has 0 bridgehead atoms. The van der Waals surface area contributed by atoms with Crippen molar-refractivity contribution in [1.82, 2.24) is 0 Å². The van der Waals surface area contributed by atoms with Crippen molar-refractivity contribution in [2.45, 2.75) is 18.9 Å². The van der Waals surface area contributed by atoms with E-state index in [4.69, 9.17) is 16.6 Å². The first-order valence-electron chi connectivity index (χ1n) is 3.42. The predicted molar refractivity (Wildman–Crippen MR) is 40.5 cm³/mol. The summed E-state index contributed by atoms with van der Waals surface area (Å²) in [4.78, 5) is 30.8. The number of nitrogens with two attached hydrogens (primary N) is 2. The maximum Gasteiger partial charge on any atom is 0.513 e. The second-order valence-electron chi connectivity index (χ2n) is 2.30. The Morgan fingerprint density at radius 3 is 2.31 bits per heavy atom. The molecule has 0 spiro atoms. The van der Waals surface area contributed by atoms with Crippen molar-refractivity contribution in [1.29, 1.82) is 0 Å². The van der Waals surface area contributed by atoms with Gasteiger partial charge < -0.3 is 21.3 Å². The number of ether oxygens (including phenoxy) is 1. The van der Waals surface area contributed by atoms with Crippen molar-refractivity contribution in [2.24, 2.45) is 11.5 Å². The fourth-order valence-corrected chi connectivity index (χ4v) is 0.577. The summed E-state index contributed by atoms with van der Waals surface area (Å²) in [6, 6.07) is -1.14. The number of carboxylic acid groups (broad SMARTS) is 1. The summed E-state index contributed by atoms with van der Waals surface area (Å²) < 4.78 is 3.74. The molecule has 13 heavy (non-hydrogen) atoms. The zero-order valence-corrected chi connectivity index (χ0v) is 6.73. The molecule has 0 aliphatic carbocycles. The van der Waals surface area contributed by atoms with Crippen molar-refractivity contribution < 1.29 is 24.2 Å². The minimum Gasteiger partial charge on any atom is -0.449 e. The van der Waals surface area contributed by atoms with E-state index in [0.29, 0.717) is 0 Å². The van der Waals surface area contributed by atoms with Crippen LogP contribution in [0.5, 0.6) is 0 Å². The predicted octanol–water partition coefficient (Wildman–Crippen LogP) is -1.20. The van der Waals surface area contributed by atoms with Gasteiger partial charge in [0, 0.05) is 6.42 Å². The second-order valence-corrected chi connectivity index (χ2v) is 2.30. The van der Waals surface area contributed by atoms with Gasteiger partial charge >= 0.3 is 12.1 Å². The average Bonchev–Trinajstić information content (AvgIpc) is 1.98. The van der Waals surface area contributed by atoms with Gasteiger partial charge in [-0.15, -0.1) is 0 Å². The molecular formula is C6H10N2O5. The van der Waals surface area contributed by atoms with Gasteiger partial charge in [0.25, 0.3) is 0 Å². The van der Waals surface area contributed by atoms with E-state index in [1.807, 2.05) is 0 Å². The first-order chi connectivity index (χ1) is 5.93. The zero-order chi connectivity index (χ0) is 10.4. The lowest BCUT2D eigenvalue weighted by molar-refractivity contribution is -0.140. The molecule has 1 atom stereocenters. The van der Waals surface area contributed by atoms with Crippen LogP contribution in [0.1, 0.15) is 12.8 Å². The van der Waals surface area contributed by atoms with Crippen molar-refractivity contribution in [3.8, 4) is 0 Å². The number of rotatable bonds is 4. The van der Waals surface area contributed by atoms with Gasteiger partial charge in [-0.3, -0.25) is 4.79 Å². The quantitative estimate of drug-likeness (QED) is 0.376. The lowest BCUT2D eigenvalue weighted by Crippen LogP contribution is -2.34. The highest BCUT2D eigenvalue weighted by Gasteiger charge is 2.18. The van der Waals surface area contributed by atoms with Crippen molar-refractivity contribution in [3.63, 3.8) is 0 Å². The molecule has 0 radical (unpaired) electrons. The van der Waals surface area contributed by atoms with Crippen LogP contribution < -0.4 is 11.5 Å². The molecule has 0 aliphatic rings. The Morgan fingerprint density at radius 1 is 1.38 bits per heavy atom. The number of esters is 1. The molecular weight excluding hydrogens is 180 g/mol. The van der Waals surface area contributed by atoms with Gasteiger partial charge in [-0.25, -0.2) is 9.59 Å². The van der Waals surface area contributed by atoms with Crippen LogP contribution in [0.4, 0.5) is 4.79 Å². The fraction of sp³-hybridized carbons (Fsp3) is 0.500. The molecule has 7 nitrogen and oxygen atoms in total. The van der Waals surface area contributed by atoms with Crippen LogP contribution in [0.15, 0.2) is 0 Å². The molecule has 0 saturated carbocycles. The molecule has 0 aliphatic heterocycles. The number of hydrogen-bond acceptors (Lipinski definition) is 5. The van der Waals surface area contributed by atoms with Gasteiger partial charge in [0.1, 0.15) is 6.04 Å². The highest BCUT2D eigenvalue weighted by molar-refractivity contribution is 5.85. The highest BCUT2D eigenvalue weighted by atomic mass is 16.7. The van der Waals surface area contributed by atoms with Gasteiger partial charge in [-0.05, 0) is 6.42 Å². The Hall–Kier alpha value is -1.63. The van der Waals surface area contributed by atoms with Gasteiger partial charge in [0.15, 0.2) is 0 Å². The van der Waals surface area contributed by atoms with Crippen LogP contribution in [0.2, 0.25) is 0 Å². The van der Waals surface area contributed by atoms with E-state index in [-0.39, 0.29) is 12.8 Å². The maximum atomic E-state index is 10.7. The lowest BCUT2D eigenvalue weighted by atomic mass is 10.2. The van der Waals surface area contributed by atoms with E-state index in [2.05, 4.69) is 4.74 Å². The van der Waals surface area contributed by atoms with Crippen LogP contribution in [0.25, 0.3) is 0 Å². The van der Waals surface area contributed by atoms with E-state index < -0.39 is 24.1 Å². The summed E-state index contributed by atoms with van der Waals surface area (Å²) in [5.41, 5.74) is 9.95. The lowest BCUT2D eigenvalue weighted by Gasteiger charge is -2.06.